The molecule has 17 heavy (non-hydrogen) atoms. The number of hydrogen-bond acceptors (Lipinski definition) is 4. The molecule has 2 rings (SSSR count). The number of nitrogens with two attached hydrogens (primary N) is 1. The van der Waals surface area contributed by atoms with Crippen molar-refractivity contribution in [3.63, 3.8) is 0 Å². The molecule has 0 radical (unpaired) electrons. The van der Waals surface area contributed by atoms with Crippen LogP contribution in [0.25, 0.3) is 11.1 Å². The summed E-state index contributed by atoms with van der Waals surface area (Å²) in [7, 11) is 0. The van der Waals surface area contributed by atoms with Crippen LogP contribution in [0.5, 0.6) is 0 Å². The highest BCUT2D eigenvalue weighted by Gasteiger charge is 2.07. The van der Waals surface area contributed by atoms with Crippen molar-refractivity contribution in [3.05, 3.63) is 24.1 Å². The van der Waals surface area contributed by atoms with Crippen LogP contribution >= 0.6 is 0 Å². The lowest BCUT2D eigenvalue weighted by molar-refractivity contribution is 0.0174. The Morgan fingerprint density at radius 3 is 3.00 bits per heavy atom. The number of ether oxygens (including phenoxy) is 1. The Balaban J connectivity index is 1.95. The summed E-state index contributed by atoms with van der Waals surface area (Å²) >= 11 is 0. The second-order valence-corrected chi connectivity index (χ2v) is 3.55. The topological polar surface area (TPSA) is 61.3 Å². The van der Waals surface area contributed by atoms with Crippen molar-refractivity contribution in [2.75, 3.05) is 18.9 Å². The van der Waals surface area contributed by atoms with Gasteiger partial charge in [0.05, 0.1) is 6.61 Å². The molecule has 1 aromatic heterocycles. The Kier molecular flexibility index (Phi) is 3.53. The van der Waals surface area contributed by atoms with Crippen LogP contribution in [0, 0.1) is 0 Å². The number of oxazole rings is 1. The van der Waals surface area contributed by atoms with E-state index in [4.69, 9.17) is 14.9 Å². The monoisotopic (exact) mass is 242 g/mol. The second kappa shape index (κ2) is 5.09. The van der Waals surface area contributed by atoms with Gasteiger partial charge < -0.3 is 14.9 Å². The Bertz CT molecular complexity index is 499. The highest BCUT2D eigenvalue weighted by atomic mass is 19.3. The van der Waals surface area contributed by atoms with Crippen molar-refractivity contribution >= 4 is 16.8 Å². The fourth-order valence-electron chi connectivity index (χ4n) is 1.43. The van der Waals surface area contributed by atoms with E-state index in [1.165, 1.54) is 0 Å². The van der Waals surface area contributed by atoms with Gasteiger partial charge in [-0.15, -0.1) is 0 Å². The maximum atomic E-state index is 11.8. The summed E-state index contributed by atoms with van der Waals surface area (Å²) < 4.78 is 33.7. The molecule has 0 atom stereocenters. The fourth-order valence-corrected chi connectivity index (χ4v) is 1.43. The van der Waals surface area contributed by atoms with Gasteiger partial charge in [-0.05, 0) is 18.2 Å². The highest BCUT2D eigenvalue weighted by molar-refractivity contribution is 5.76. The third-order valence-corrected chi connectivity index (χ3v) is 2.16. The molecule has 0 saturated carbocycles. The molecule has 6 heteroatoms. The third kappa shape index (κ3) is 3.13. The van der Waals surface area contributed by atoms with E-state index in [9.17, 15) is 8.78 Å². The average Bonchev–Trinajstić information content (AvgIpc) is 2.66. The molecule has 1 heterocycles. The van der Waals surface area contributed by atoms with Gasteiger partial charge in [-0.2, -0.15) is 0 Å². The highest BCUT2D eigenvalue weighted by Crippen LogP contribution is 2.18. The van der Waals surface area contributed by atoms with Gasteiger partial charge in [-0.1, -0.05) is 0 Å². The van der Waals surface area contributed by atoms with E-state index in [1.807, 2.05) is 0 Å². The fraction of sp³-hybridized carbons (Fsp3) is 0.364. The summed E-state index contributed by atoms with van der Waals surface area (Å²) in [6.07, 6.45) is -2.08. The van der Waals surface area contributed by atoms with E-state index in [0.29, 0.717) is 29.1 Å². The van der Waals surface area contributed by atoms with Crippen molar-refractivity contribution in [2.45, 2.75) is 12.8 Å². The van der Waals surface area contributed by atoms with Crippen molar-refractivity contribution in [2.24, 2.45) is 0 Å². The van der Waals surface area contributed by atoms with Gasteiger partial charge in [-0.25, -0.2) is 13.8 Å². The average molecular weight is 242 g/mol. The molecule has 0 saturated heterocycles. The molecular formula is C11H12F2N2O2. The Morgan fingerprint density at radius 1 is 1.41 bits per heavy atom. The zero-order chi connectivity index (χ0) is 12.3. The number of hydrogen-bond donors (Lipinski definition) is 1. The Hall–Kier alpha value is -1.69. The summed E-state index contributed by atoms with van der Waals surface area (Å²) in [4.78, 5) is 4.18. The van der Waals surface area contributed by atoms with Crippen LogP contribution in [-0.2, 0) is 11.2 Å². The van der Waals surface area contributed by atoms with E-state index in [2.05, 4.69) is 4.98 Å². The zero-order valence-corrected chi connectivity index (χ0v) is 9.03. The number of alkyl halides is 2. The largest absolute Gasteiger partial charge is 0.441 e. The van der Waals surface area contributed by atoms with Crippen LogP contribution in [0.1, 0.15) is 5.89 Å². The molecule has 1 aromatic carbocycles. The van der Waals surface area contributed by atoms with Gasteiger partial charge in [0.15, 0.2) is 11.5 Å². The molecule has 0 unspecified atom stereocenters. The minimum Gasteiger partial charge on any atom is -0.441 e. The first kappa shape index (κ1) is 11.8. The number of anilines is 1. The zero-order valence-electron chi connectivity index (χ0n) is 9.03. The smallest absolute Gasteiger partial charge is 0.261 e. The molecule has 92 valence electrons. The quantitative estimate of drug-likeness (QED) is 0.645. The first-order valence-corrected chi connectivity index (χ1v) is 5.16. The SMILES string of the molecule is Nc1ccc2oc(CCOCC(F)F)nc2c1. The second-order valence-electron chi connectivity index (χ2n) is 3.55. The predicted octanol–water partition coefficient (Wildman–Crippen LogP) is 2.23. The first-order valence-electron chi connectivity index (χ1n) is 5.16. The van der Waals surface area contributed by atoms with Gasteiger partial charge in [-0.3, -0.25) is 0 Å². The van der Waals surface area contributed by atoms with Crippen LogP contribution < -0.4 is 5.73 Å². The number of aromatic nitrogens is 1. The number of benzene rings is 1. The van der Waals surface area contributed by atoms with Crippen molar-refractivity contribution in [3.8, 4) is 0 Å². The number of rotatable bonds is 5. The lowest BCUT2D eigenvalue weighted by Crippen LogP contribution is -2.07. The molecule has 0 aliphatic rings. The maximum absolute atomic E-state index is 11.8. The molecule has 0 fully saturated rings. The summed E-state index contributed by atoms with van der Waals surface area (Å²) in [6, 6.07) is 5.13. The molecule has 0 aliphatic carbocycles. The summed E-state index contributed by atoms with van der Waals surface area (Å²) in [5, 5.41) is 0. The normalized spacial score (nSPS) is 11.5. The molecule has 0 aliphatic heterocycles. The number of halogens is 2. The van der Waals surface area contributed by atoms with Gasteiger partial charge in [0.1, 0.15) is 12.1 Å². The van der Waals surface area contributed by atoms with Crippen LogP contribution in [-0.4, -0.2) is 24.6 Å². The minimum atomic E-state index is -2.45. The molecule has 2 aromatic rings. The van der Waals surface area contributed by atoms with E-state index in [0.717, 1.165) is 0 Å². The van der Waals surface area contributed by atoms with Crippen molar-refractivity contribution in [1.82, 2.24) is 4.98 Å². The molecule has 0 spiro atoms. The van der Waals surface area contributed by atoms with Gasteiger partial charge in [0.2, 0.25) is 0 Å². The molecular weight excluding hydrogens is 230 g/mol. The third-order valence-electron chi connectivity index (χ3n) is 2.16. The summed E-state index contributed by atoms with van der Waals surface area (Å²) in [5.41, 5.74) is 7.49. The van der Waals surface area contributed by atoms with Crippen LogP contribution in [0.4, 0.5) is 14.5 Å². The minimum absolute atomic E-state index is 0.159. The lowest BCUT2D eigenvalue weighted by atomic mass is 10.3. The van der Waals surface area contributed by atoms with Gasteiger partial charge in [0, 0.05) is 12.1 Å². The van der Waals surface area contributed by atoms with Crippen LogP contribution in [0.3, 0.4) is 0 Å². The summed E-state index contributed by atoms with van der Waals surface area (Å²) in [5.74, 6) is 0.458. The maximum Gasteiger partial charge on any atom is 0.261 e. The van der Waals surface area contributed by atoms with Crippen LogP contribution in [0.15, 0.2) is 22.6 Å². The molecule has 2 N–H and O–H groups in total. The Labute approximate surface area is 96.4 Å². The van der Waals surface area contributed by atoms with Gasteiger partial charge in [0.25, 0.3) is 6.43 Å². The molecule has 4 nitrogen and oxygen atoms in total. The van der Waals surface area contributed by atoms with Crippen molar-refractivity contribution in [1.29, 1.82) is 0 Å². The predicted molar refractivity (Wildman–Crippen MR) is 58.9 cm³/mol. The number of fused-ring (bicyclic) bond motifs is 1. The lowest BCUT2D eigenvalue weighted by Gasteiger charge is -2.00. The number of nitrogens with zero attached hydrogens (tertiary/aromatic N) is 1. The van der Waals surface area contributed by atoms with E-state index >= 15 is 0 Å². The van der Waals surface area contributed by atoms with E-state index < -0.39 is 13.0 Å². The molecule has 0 amide bonds. The molecule has 0 bridgehead atoms. The van der Waals surface area contributed by atoms with E-state index in [1.54, 1.807) is 18.2 Å². The van der Waals surface area contributed by atoms with Crippen LogP contribution in [0.2, 0.25) is 0 Å². The Morgan fingerprint density at radius 2 is 2.24 bits per heavy atom. The first-order chi connectivity index (χ1) is 8.15. The van der Waals surface area contributed by atoms with E-state index in [-0.39, 0.29) is 6.61 Å². The standard InChI is InChI=1S/C11H12F2N2O2/c12-10(13)6-16-4-3-11-15-8-5-7(14)1-2-9(8)17-11/h1-2,5,10H,3-4,6,14H2. The summed E-state index contributed by atoms with van der Waals surface area (Å²) in [6.45, 7) is -0.403. The van der Waals surface area contributed by atoms with Crippen molar-refractivity contribution < 1.29 is 17.9 Å². The van der Waals surface area contributed by atoms with Gasteiger partial charge >= 0.3 is 0 Å². The number of nitrogen functional groups attached to an aromatic ring is 1.